The molecule has 0 radical (unpaired) electrons. The molecule has 1 aliphatic rings. The highest BCUT2D eigenvalue weighted by molar-refractivity contribution is 6.39. The van der Waals surface area contributed by atoms with Gasteiger partial charge in [-0.2, -0.15) is 0 Å². The SMILES string of the molecule is O=C1c2ccccc2C(=O)N1c1ccc(F)cc1Cl. The van der Waals surface area contributed by atoms with Crippen molar-refractivity contribution in [2.45, 2.75) is 0 Å². The highest BCUT2D eigenvalue weighted by atomic mass is 35.5. The number of hydrogen-bond donors (Lipinski definition) is 0. The second kappa shape index (κ2) is 4.17. The fraction of sp³-hybridized carbons (Fsp3) is 0. The van der Waals surface area contributed by atoms with Gasteiger partial charge in [0.15, 0.2) is 0 Å². The van der Waals surface area contributed by atoms with Gasteiger partial charge in [-0.1, -0.05) is 23.7 Å². The quantitative estimate of drug-likeness (QED) is 0.749. The molecule has 0 fully saturated rings. The summed E-state index contributed by atoms with van der Waals surface area (Å²) in [5.41, 5.74) is 0.843. The van der Waals surface area contributed by atoms with Crippen LogP contribution in [0, 0.1) is 5.82 Å². The zero-order chi connectivity index (χ0) is 13.6. The third-order valence-electron chi connectivity index (χ3n) is 2.94. The number of benzene rings is 2. The molecule has 0 N–H and O–H groups in total. The maximum Gasteiger partial charge on any atom is 0.266 e. The first kappa shape index (κ1) is 11.9. The summed E-state index contributed by atoms with van der Waals surface area (Å²) in [5.74, 6) is -1.42. The molecule has 0 saturated carbocycles. The van der Waals surface area contributed by atoms with E-state index >= 15 is 0 Å². The number of fused-ring (bicyclic) bond motifs is 1. The molecular formula is C14H7ClFNO2. The van der Waals surface area contributed by atoms with Crippen molar-refractivity contribution in [1.29, 1.82) is 0 Å². The number of nitrogens with zero attached hydrogens (tertiary/aromatic N) is 1. The fourth-order valence-corrected chi connectivity index (χ4v) is 2.32. The number of carbonyl (C=O) groups excluding carboxylic acids is 2. The van der Waals surface area contributed by atoms with Crippen LogP contribution in [0.3, 0.4) is 0 Å². The third-order valence-corrected chi connectivity index (χ3v) is 3.25. The van der Waals surface area contributed by atoms with Gasteiger partial charge in [0.2, 0.25) is 0 Å². The van der Waals surface area contributed by atoms with Gasteiger partial charge in [0.05, 0.1) is 21.8 Å². The number of anilines is 1. The number of amides is 2. The molecule has 0 unspecified atom stereocenters. The van der Waals surface area contributed by atoms with Crippen molar-refractivity contribution in [1.82, 2.24) is 0 Å². The molecule has 3 rings (SSSR count). The Hall–Kier alpha value is -2.20. The summed E-state index contributed by atoms with van der Waals surface area (Å²) in [6.45, 7) is 0. The van der Waals surface area contributed by atoms with E-state index in [1.54, 1.807) is 24.3 Å². The van der Waals surface area contributed by atoms with Crippen LogP contribution < -0.4 is 4.90 Å². The third kappa shape index (κ3) is 1.72. The molecule has 0 spiro atoms. The smallest absolute Gasteiger partial charge is 0.266 e. The molecule has 5 heteroatoms. The van der Waals surface area contributed by atoms with Crippen LogP contribution in [0.15, 0.2) is 42.5 Å². The lowest BCUT2D eigenvalue weighted by Gasteiger charge is -2.15. The van der Waals surface area contributed by atoms with E-state index in [4.69, 9.17) is 11.6 Å². The second-order valence-electron chi connectivity index (χ2n) is 4.09. The fourth-order valence-electron chi connectivity index (χ4n) is 2.07. The maximum atomic E-state index is 13.0. The van der Waals surface area contributed by atoms with Gasteiger partial charge < -0.3 is 0 Å². The van der Waals surface area contributed by atoms with Crippen molar-refractivity contribution in [3.63, 3.8) is 0 Å². The van der Waals surface area contributed by atoms with Crippen LogP contribution in [-0.4, -0.2) is 11.8 Å². The van der Waals surface area contributed by atoms with E-state index in [1.165, 1.54) is 6.07 Å². The zero-order valence-electron chi connectivity index (χ0n) is 9.56. The van der Waals surface area contributed by atoms with E-state index in [-0.39, 0.29) is 10.7 Å². The lowest BCUT2D eigenvalue weighted by atomic mass is 10.1. The molecule has 1 aliphatic heterocycles. The predicted octanol–water partition coefficient (Wildman–Crippen LogP) is 3.28. The number of rotatable bonds is 1. The van der Waals surface area contributed by atoms with Crippen LogP contribution in [0.25, 0.3) is 0 Å². The summed E-state index contributed by atoms with van der Waals surface area (Å²) in [6.07, 6.45) is 0. The summed E-state index contributed by atoms with van der Waals surface area (Å²) < 4.78 is 13.0. The van der Waals surface area contributed by atoms with Gasteiger partial charge in [-0.15, -0.1) is 0 Å². The van der Waals surface area contributed by atoms with Crippen molar-refractivity contribution in [3.05, 3.63) is 64.4 Å². The summed E-state index contributed by atoms with van der Waals surface area (Å²) in [4.78, 5) is 25.4. The van der Waals surface area contributed by atoms with Crippen LogP contribution in [-0.2, 0) is 0 Å². The lowest BCUT2D eigenvalue weighted by molar-refractivity contribution is 0.0926. The molecule has 2 aromatic rings. The van der Waals surface area contributed by atoms with Crippen LogP contribution in [0.2, 0.25) is 5.02 Å². The molecule has 19 heavy (non-hydrogen) atoms. The zero-order valence-corrected chi connectivity index (χ0v) is 10.3. The van der Waals surface area contributed by atoms with Crippen LogP contribution in [0.1, 0.15) is 20.7 Å². The summed E-state index contributed by atoms with van der Waals surface area (Å²) >= 11 is 5.90. The molecule has 2 amide bonds. The molecule has 0 atom stereocenters. The first-order valence-corrected chi connectivity index (χ1v) is 5.90. The van der Waals surface area contributed by atoms with Gasteiger partial charge in [-0.25, -0.2) is 9.29 Å². The largest absolute Gasteiger partial charge is 0.268 e. The summed E-state index contributed by atoms with van der Waals surface area (Å²) in [5, 5.41) is 0.0227. The van der Waals surface area contributed by atoms with Gasteiger partial charge in [0.25, 0.3) is 11.8 Å². The number of hydrogen-bond acceptors (Lipinski definition) is 2. The molecule has 0 saturated heterocycles. The highest BCUT2D eigenvalue weighted by Crippen LogP contribution is 2.33. The van der Waals surface area contributed by atoms with Gasteiger partial charge in [-0.3, -0.25) is 9.59 Å². The van der Waals surface area contributed by atoms with Crippen molar-refractivity contribution < 1.29 is 14.0 Å². The van der Waals surface area contributed by atoms with Crippen LogP contribution in [0.4, 0.5) is 10.1 Å². The van der Waals surface area contributed by atoms with Gasteiger partial charge in [0, 0.05) is 0 Å². The monoisotopic (exact) mass is 275 g/mol. The number of imide groups is 1. The summed E-state index contributed by atoms with van der Waals surface area (Å²) in [7, 11) is 0. The van der Waals surface area contributed by atoms with E-state index in [1.807, 2.05) is 0 Å². The van der Waals surface area contributed by atoms with E-state index in [9.17, 15) is 14.0 Å². The molecule has 0 bridgehead atoms. The van der Waals surface area contributed by atoms with Gasteiger partial charge >= 0.3 is 0 Å². The highest BCUT2D eigenvalue weighted by Gasteiger charge is 2.37. The average Bonchev–Trinajstić information content (AvgIpc) is 2.64. The Kier molecular flexibility index (Phi) is 2.61. The standard InChI is InChI=1S/C14H7ClFNO2/c15-11-7-8(16)5-6-12(11)17-13(18)9-3-1-2-4-10(9)14(17)19/h1-7H. The minimum atomic E-state index is -0.523. The van der Waals surface area contributed by atoms with Crippen molar-refractivity contribution in [2.75, 3.05) is 4.90 Å². The van der Waals surface area contributed by atoms with Crippen molar-refractivity contribution >= 4 is 29.1 Å². The van der Waals surface area contributed by atoms with E-state index in [2.05, 4.69) is 0 Å². The Morgan fingerprint density at radius 1 is 0.947 bits per heavy atom. The minimum Gasteiger partial charge on any atom is -0.268 e. The number of halogens is 2. The van der Waals surface area contributed by atoms with Crippen molar-refractivity contribution in [3.8, 4) is 0 Å². The summed E-state index contributed by atoms with van der Waals surface area (Å²) in [6, 6.07) is 10.1. The first-order valence-electron chi connectivity index (χ1n) is 5.52. The molecule has 2 aromatic carbocycles. The average molecular weight is 276 g/mol. The molecule has 94 valence electrons. The van der Waals surface area contributed by atoms with E-state index in [0.717, 1.165) is 17.0 Å². The van der Waals surface area contributed by atoms with Crippen molar-refractivity contribution in [2.24, 2.45) is 0 Å². The molecule has 0 aromatic heterocycles. The van der Waals surface area contributed by atoms with E-state index < -0.39 is 17.6 Å². The first-order chi connectivity index (χ1) is 9.09. The lowest BCUT2D eigenvalue weighted by Crippen LogP contribution is -2.29. The Morgan fingerprint density at radius 2 is 1.53 bits per heavy atom. The molecule has 0 aliphatic carbocycles. The normalized spacial score (nSPS) is 13.9. The van der Waals surface area contributed by atoms with Crippen LogP contribution >= 0.6 is 11.6 Å². The van der Waals surface area contributed by atoms with Crippen LogP contribution in [0.5, 0.6) is 0 Å². The molecule has 1 heterocycles. The Morgan fingerprint density at radius 3 is 2.05 bits per heavy atom. The van der Waals surface area contributed by atoms with Gasteiger partial charge in [0.1, 0.15) is 5.82 Å². The topological polar surface area (TPSA) is 37.4 Å². The van der Waals surface area contributed by atoms with Gasteiger partial charge in [-0.05, 0) is 30.3 Å². The van der Waals surface area contributed by atoms with E-state index in [0.29, 0.717) is 11.1 Å². The molecular weight excluding hydrogens is 269 g/mol. The Balaban J connectivity index is 2.14. The predicted molar refractivity (Wildman–Crippen MR) is 69.0 cm³/mol. The second-order valence-corrected chi connectivity index (χ2v) is 4.49. The maximum absolute atomic E-state index is 13.0. The Labute approximate surface area is 113 Å². The minimum absolute atomic E-state index is 0.0227. The number of carbonyl (C=O) groups is 2. The Bertz CT molecular complexity index is 679. The molecule has 3 nitrogen and oxygen atoms in total.